The third-order valence-corrected chi connectivity index (χ3v) is 7.61. The number of hydrogen-bond acceptors (Lipinski definition) is 8. The number of carbonyl (C=O) groups excluding carboxylic acids is 1. The molecule has 1 atom stereocenters. The van der Waals surface area contributed by atoms with Crippen LogP contribution in [0.3, 0.4) is 0 Å². The molecule has 0 spiro atoms. The predicted octanol–water partition coefficient (Wildman–Crippen LogP) is 3.08. The van der Waals surface area contributed by atoms with Crippen LogP contribution < -0.4 is 9.62 Å². The van der Waals surface area contributed by atoms with E-state index in [1.807, 2.05) is 0 Å². The van der Waals surface area contributed by atoms with Crippen molar-refractivity contribution in [1.29, 1.82) is 0 Å². The molecule has 1 fully saturated rings. The minimum absolute atomic E-state index is 0.00163. The molecule has 162 valence electrons. The number of sulfonamides is 1. The van der Waals surface area contributed by atoms with E-state index in [9.17, 15) is 23.1 Å². The molecule has 0 bridgehead atoms. The molecule has 1 saturated heterocycles. The largest absolute Gasteiger partial charge is 0.478 e. The fraction of sp³-hybridized carbons (Fsp3) is 0.389. The van der Waals surface area contributed by atoms with Gasteiger partial charge in [0, 0.05) is 13.1 Å². The molecule has 3 rings (SSSR count). The second-order valence-electron chi connectivity index (χ2n) is 6.60. The Hall–Kier alpha value is -2.37. The molecule has 1 aliphatic heterocycles. The number of piperidine rings is 1. The lowest BCUT2D eigenvalue weighted by atomic mass is 9.98. The van der Waals surface area contributed by atoms with Gasteiger partial charge in [0.2, 0.25) is 0 Å². The maximum atomic E-state index is 12.5. The molecule has 2 aromatic rings. The summed E-state index contributed by atoms with van der Waals surface area (Å²) >= 11 is 6.68. The van der Waals surface area contributed by atoms with Crippen LogP contribution in [0.4, 0.5) is 11.5 Å². The first-order valence-electron chi connectivity index (χ1n) is 9.14. The highest BCUT2D eigenvalue weighted by atomic mass is 35.5. The zero-order valence-corrected chi connectivity index (χ0v) is 18.4. The number of rotatable bonds is 7. The lowest BCUT2D eigenvalue weighted by Crippen LogP contribution is -2.40. The van der Waals surface area contributed by atoms with Gasteiger partial charge in [-0.3, -0.25) is 9.52 Å². The number of esters is 1. The Morgan fingerprint density at radius 2 is 2.20 bits per heavy atom. The van der Waals surface area contributed by atoms with Crippen LogP contribution in [0.25, 0.3) is 0 Å². The molecule has 2 aromatic heterocycles. The molecule has 2 N–H and O–H groups in total. The van der Waals surface area contributed by atoms with Gasteiger partial charge >= 0.3 is 11.9 Å². The topological polar surface area (TPSA) is 126 Å². The van der Waals surface area contributed by atoms with Gasteiger partial charge in [0.1, 0.15) is 15.6 Å². The SMILES string of the molecule is CCOC(=O)C1CCCN(c2ncc(NS(=O)(=O)c3ccc(Cl)s3)cc2C(=O)O)C1. The number of thiophene rings is 1. The molecule has 30 heavy (non-hydrogen) atoms. The van der Waals surface area contributed by atoms with Crippen LogP contribution in [0, 0.1) is 5.92 Å². The van der Waals surface area contributed by atoms with Crippen molar-refractivity contribution >= 4 is 56.4 Å². The van der Waals surface area contributed by atoms with E-state index in [1.165, 1.54) is 24.4 Å². The predicted molar refractivity (Wildman–Crippen MR) is 113 cm³/mol. The Balaban J connectivity index is 1.85. The van der Waals surface area contributed by atoms with Crippen molar-refractivity contribution in [3.63, 3.8) is 0 Å². The van der Waals surface area contributed by atoms with Gasteiger partial charge in [-0.1, -0.05) is 11.6 Å². The molecule has 0 aliphatic carbocycles. The number of carboxylic acid groups (broad SMARTS) is 1. The second kappa shape index (κ2) is 9.19. The smallest absolute Gasteiger partial charge is 0.339 e. The van der Waals surface area contributed by atoms with Crippen LogP contribution in [-0.2, 0) is 19.6 Å². The van der Waals surface area contributed by atoms with Gasteiger partial charge in [-0.2, -0.15) is 0 Å². The maximum absolute atomic E-state index is 12.5. The number of carbonyl (C=O) groups is 2. The number of aromatic nitrogens is 1. The summed E-state index contributed by atoms with van der Waals surface area (Å²) in [6.45, 7) is 2.82. The molecule has 0 aromatic carbocycles. The number of aromatic carboxylic acids is 1. The van der Waals surface area contributed by atoms with Gasteiger partial charge in [0.25, 0.3) is 10.0 Å². The monoisotopic (exact) mass is 473 g/mol. The van der Waals surface area contributed by atoms with Crippen LogP contribution in [0.1, 0.15) is 30.1 Å². The van der Waals surface area contributed by atoms with E-state index >= 15 is 0 Å². The van der Waals surface area contributed by atoms with Crippen LogP contribution in [0.2, 0.25) is 4.34 Å². The van der Waals surface area contributed by atoms with E-state index in [1.54, 1.807) is 11.8 Å². The van der Waals surface area contributed by atoms with Crippen molar-refractivity contribution in [3.05, 3.63) is 34.3 Å². The summed E-state index contributed by atoms with van der Waals surface area (Å²) < 4.78 is 32.6. The van der Waals surface area contributed by atoms with E-state index in [-0.39, 0.29) is 46.3 Å². The quantitative estimate of drug-likeness (QED) is 0.587. The van der Waals surface area contributed by atoms with E-state index < -0.39 is 16.0 Å². The van der Waals surface area contributed by atoms with Gasteiger partial charge < -0.3 is 14.7 Å². The van der Waals surface area contributed by atoms with Crippen LogP contribution in [-0.4, -0.2) is 50.1 Å². The van der Waals surface area contributed by atoms with Gasteiger partial charge in [0.05, 0.1) is 28.7 Å². The fourth-order valence-corrected chi connectivity index (χ4v) is 5.71. The van der Waals surface area contributed by atoms with Crippen molar-refractivity contribution in [3.8, 4) is 0 Å². The van der Waals surface area contributed by atoms with Gasteiger partial charge in [-0.25, -0.2) is 18.2 Å². The standard InChI is InChI=1S/C18H20ClN3O6S2/c1-2-28-18(25)11-4-3-7-22(10-11)16-13(17(23)24)8-12(9-20-16)21-30(26,27)15-6-5-14(19)29-15/h5-6,8-9,11,21H,2-4,7,10H2,1H3,(H,23,24). The normalized spacial score (nSPS) is 16.9. The van der Waals surface area contributed by atoms with Crippen LogP contribution in [0.15, 0.2) is 28.6 Å². The molecule has 9 nitrogen and oxygen atoms in total. The third kappa shape index (κ3) is 5.02. The first kappa shape index (κ1) is 22.3. The lowest BCUT2D eigenvalue weighted by Gasteiger charge is -2.33. The summed E-state index contributed by atoms with van der Waals surface area (Å²) in [6.07, 6.45) is 2.58. The zero-order valence-electron chi connectivity index (χ0n) is 16.0. The Bertz CT molecular complexity index is 1060. The minimum atomic E-state index is -3.92. The Morgan fingerprint density at radius 3 is 2.83 bits per heavy atom. The summed E-state index contributed by atoms with van der Waals surface area (Å²) in [5.41, 5.74) is -0.149. The number of ether oxygens (including phenoxy) is 1. The van der Waals surface area contributed by atoms with Crippen molar-refractivity contribution in [2.75, 3.05) is 29.3 Å². The van der Waals surface area contributed by atoms with Crippen molar-refractivity contribution in [1.82, 2.24) is 4.98 Å². The molecule has 12 heteroatoms. The average Bonchev–Trinajstić information content (AvgIpc) is 3.15. The molecule has 1 aliphatic rings. The maximum Gasteiger partial charge on any atom is 0.339 e. The number of nitrogens with one attached hydrogen (secondary N) is 1. The highest BCUT2D eigenvalue weighted by Gasteiger charge is 2.30. The zero-order chi connectivity index (χ0) is 21.9. The van der Waals surface area contributed by atoms with Crippen LogP contribution in [0.5, 0.6) is 0 Å². The Labute approximate surface area is 182 Å². The minimum Gasteiger partial charge on any atom is -0.478 e. The Morgan fingerprint density at radius 1 is 1.43 bits per heavy atom. The summed E-state index contributed by atoms with van der Waals surface area (Å²) in [6, 6.07) is 4.03. The summed E-state index contributed by atoms with van der Waals surface area (Å²) in [4.78, 5) is 29.8. The molecular weight excluding hydrogens is 454 g/mol. The molecule has 0 saturated carbocycles. The number of hydrogen-bond donors (Lipinski definition) is 2. The number of nitrogens with zero attached hydrogens (tertiary/aromatic N) is 2. The summed E-state index contributed by atoms with van der Waals surface area (Å²) in [5.74, 6) is -1.77. The Kier molecular flexibility index (Phi) is 6.84. The van der Waals surface area contributed by atoms with Crippen molar-refractivity contribution < 1.29 is 27.9 Å². The molecule has 0 amide bonds. The van der Waals surface area contributed by atoms with Gasteiger partial charge in [-0.05, 0) is 38.0 Å². The van der Waals surface area contributed by atoms with Crippen molar-refractivity contribution in [2.24, 2.45) is 5.92 Å². The number of anilines is 2. The lowest BCUT2D eigenvalue weighted by molar-refractivity contribution is -0.148. The number of carboxylic acids is 1. The second-order valence-corrected chi connectivity index (χ2v) is 10.2. The highest BCUT2D eigenvalue weighted by Crippen LogP contribution is 2.30. The molecular formula is C18H20ClN3O6S2. The fourth-order valence-electron chi connectivity index (χ4n) is 3.19. The van der Waals surface area contributed by atoms with E-state index in [2.05, 4.69) is 9.71 Å². The number of pyridine rings is 1. The first-order valence-corrected chi connectivity index (χ1v) is 11.8. The van der Waals surface area contributed by atoms with Crippen LogP contribution >= 0.6 is 22.9 Å². The van der Waals surface area contributed by atoms with Crippen molar-refractivity contribution in [2.45, 2.75) is 24.0 Å². The summed E-state index contributed by atoms with van der Waals surface area (Å²) in [7, 11) is -3.92. The highest BCUT2D eigenvalue weighted by molar-refractivity contribution is 7.94. The molecule has 1 unspecified atom stereocenters. The van der Waals surface area contributed by atoms with Gasteiger partial charge in [0.15, 0.2) is 0 Å². The summed E-state index contributed by atoms with van der Waals surface area (Å²) in [5, 5.41) is 9.65. The van der Waals surface area contributed by atoms with E-state index in [4.69, 9.17) is 16.3 Å². The van der Waals surface area contributed by atoms with E-state index in [0.717, 1.165) is 11.3 Å². The average molecular weight is 474 g/mol. The molecule has 0 radical (unpaired) electrons. The molecule has 3 heterocycles. The van der Waals surface area contributed by atoms with Gasteiger partial charge in [-0.15, -0.1) is 11.3 Å². The third-order valence-electron chi connectivity index (χ3n) is 4.50. The number of halogens is 1. The van der Waals surface area contributed by atoms with E-state index in [0.29, 0.717) is 23.7 Å². The first-order chi connectivity index (χ1) is 14.2.